The fourth-order valence-electron chi connectivity index (χ4n) is 2.98. The van der Waals surface area contributed by atoms with Crippen LogP contribution in [0.25, 0.3) is 0 Å². The van der Waals surface area contributed by atoms with Gasteiger partial charge in [-0.2, -0.15) is 0 Å². The predicted molar refractivity (Wildman–Crippen MR) is 121 cm³/mol. The minimum atomic E-state index is -0.550. The SMILES string of the molecule is Cc1sc2c(c1C)C(c1ccc(Cl)cc1)=NC(CC(=O)OC(C)(C)C)C(=S)N2. The number of rotatable bonds is 3. The van der Waals surface area contributed by atoms with Crippen LogP contribution in [0.15, 0.2) is 29.3 Å². The van der Waals surface area contributed by atoms with E-state index in [-0.39, 0.29) is 12.4 Å². The lowest BCUT2D eigenvalue weighted by atomic mass is 10.00. The number of aryl methyl sites for hydroxylation is 1. The Labute approximate surface area is 180 Å². The van der Waals surface area contributed by atoms with Gasteiger partial charge in [0.1, 0.15) is 21.6 Å². The van der Waals surface area contributed by atoms with Crippen molar-refractivity contribution in [3.05, 3.63) is 50.9 Å². The third-order valence-electron chi connectivity index (χ3n) is 4.34. The van der Waals surface area contributed by atoms with E-state index in [1.165, 1.54) is 4.88 Å². The summed E-state index contributed by atoms with van der Waals surface area (Å²) in [6.07, 6.45) is 0.0904. The average molecular weight is 435 g/mol. The number of benzene rings is 1. The van der Waals surface area contributed by atoms with Gasteiger partial charge in [-0.1, -0.05) is 36.0 Å². The Balaban J connectivity index is 2.06. The number of halogens is 1. The average Bonchev–Trinajstić information content (AvgIpc) is 2.76. The van der Waals surface area contributed by atoms with Crippen molar-refractivity contribution >= 4 is 56.8 Å². The van der Waals surface area contributed by atoms with Crippen molar-refractivity contribution < 1.29 is 9.53 Å². The second kappa shape index (κ2) is 7.93. The number of hydrogen-bond donors (Lipinski definition) is 1. The van der Waals surface area contributed by atoms with Crippen molar-refractivity contribution in [2.45, 2.75) is 52.7 Å². The van der Waals surface area contributed by atoms with Crippen LogP contribution >= 0.6 is 35.2 Å². The van der Waals surface area contributed by atoms with Gasteiger partial charge in [-0.25, -0.2) is 0 Å². The van der Waals surface area contributed by atoms with E-state index in [0.29, 0.717) is 10.0 Å². The molecule has 1 aliphatic rings. The fourth-order valence-corrected chi connectivity index (χ4v) is 4.48. The van der Waals surface area contributed by atoms with Gasteiger partial charge in [-0.15, -0.1) is 11.3 Å². The van der Waals surface area contributed by atoms with Crippen LogP contribution in [0.4, 0.5) is 5.00 Å². The van der Waals surface area contributed by atoms with E-state index in [0.717, 1.165) is 27.4 Å². The largest absolute Gasteiger partial charge is 0.460 e. The molecule has 1 N–H and O–H groups in total. The van der Waals surface area contributed by atoms with E-state index in [2.05, 4.69) is 19.2 Å². The Bertz CT molecular complexity index is 956. The second-order valence-electron chi connectivity index (χ2n) is 7.77. The lowest BCUT2D eigenvalue weighted by molar-refractivity contribution is -0.154. The number of aliphatic imine (C=N–C) groups is 1. The molecule has 4 nitrogen and oxygen atoms in total. The second-order valence-corrected chi connectivity index (χ2v) is 9.87. The van der Waals surface area contributed by atoms with Crippen LogP contribution in [0.1, 0.15) is 48.8 Å². The van der Waals surface area contributed by atoms with Gasteiger partial charge < -0.3 is 10.1 Å². The predicted octanol–water partition coefficient (Wildman–Crippen LogP) is 5.71. The highest BCUT2D eigenvalue weighted by molar-refractivity contribution is 7.80. The number of esters is 1. The topological polar surface area (TPSA) is 50.7 Å². The van der Waals surface area contributed by atoms with Crippen molar-refractivity contribution in [1.29, 1.82) is 0 Å². The molecule has 1 aromatic heterocycles. The first-order valence-corrected chi connectivity index (χ1v) is 10.6. The number of fused-ring (bicyclic) bond motifs is 1. The van der Waals surface area contributed by atoms with Gasteiger partial charge in [0.05, 0.1) is 12.1 Å². The minimum absolute atomic E-state index is 0.0904. The van der Waals surface area contributed by atoms with Crippen LogP contribution in [-0.2, 0) is 9.53 Å². The summed E-state index contributed by atoms with van der Waals surface area (Å²) in [6.45, 7) is 9.70. The molecule has 2 heterocycles. The molecule has 1 aliphatic heterocycles. The van der Waals surface area contributed by atoms with Crippen LogP contribution in [-0.4, -0.2) is 28.3 Å². The molecule has 0 saturated carbocycles. The number of carbonyl (C=O) groups excluding carboxylic acids is 1. The van der Waals surface area contributed by atoms with Crippen LogP contribution in [0.3, 0.4) is 0 Å². The van der Waals surface area contributed by atoms with E-state index < -0.39 is 11.6 Å². The standard InChI is InChI=1S/C21H23ClN2O2S2/c1-11-12(2)28-20-17(11)18(13-6-8-14(22)9-7-13)23-15(19(27)24-20)10-16(25)26-21(3,4)5/h6-9,15H,10H2,1-5H3,(H,24,27). The van der Waals surface area contributed by atoms with Crippen LogP contribution < -0.4 is 5.32 Å². The highest BCUT2D eigenvalue weighted by Gasteiger charge is 2.29. The minimum Gasteiger partial charge on any atom is -0.460 e. The van der Waals surface area contributed by atoms with Gasteiger partial charge in [-0.05, 0) is 52.3 Å². The number of thiophene rings is 1. The molecule has 148 valence electrons. The molecule has 1 aromatic carbocycles. The number of hydrogen-bond acceptors (Lipinski definition) is 5. The van der Waals surface area contributed by atoms with Crippen molar-refractivity contribution in [2.24, 2.45) is 4.99 Å². The molecule has 0 spiro atoms. The fraction of sp³-hybridized carbons (Fsp3) is 0.381. The molecule has 1 unspecified atom stereocenters. The summed E-state index contributed by atoms with van der Waals surface area (Å²) in [6, 6.07) is 7.07. The molecule has 0 bridgehead atoms. The number of nitrogens with zero attached hydrogens (tertiary/aromatic N) is 1. The molecule has 0 amide bonds. The molecule has 3 rings (SSSR count). The number of carbonyl (C=O) groups is 1. The zero-order valence-corrected chi connectivity index (χ0v) is 18.9. The summed E-state index contributed by atoms with van der Waals surface area (Å²) in [4.78, 5) is 19.1. The Hall–Kier alpha value is -1.76. The zero-order chi connectivity index (χ0) is 20.6. The molecule has 7 heteroatoms. The van der Waals surface area contributed by atoms with Crippen molar-refractivity contribution in [1.82, 2.24) is 0 Å². The molecule has 28 heavy (non-hydrogen) atoms. The van der Waals surface area contributed by atoms with Crippen LogP contribution in [0.5, 0.6) is 0 Å². The first-order valence-electron chi connectivity index (χ1n) is 9.02. The van der Waals surface area contributed by atoms with Gasteiger partial charge in [0, 0.05) is 21.0 Å². The Morgan fingerprint density at radius 2 is 1.93 bits per heavy atom. The Kier molecular flexibility index (Phi) is 5.94. The molecule has 0 fully saturated rings. The first-order chi connectivity index (χ1) is 13.0. The number of nitrogens with one attached hydrogen (secondary N) is 1. The summed E-state index contributed by atoms with van der Waals surface area (Å²) in [5, 5.41) is 4.94. The van der Waals surface area contributed by atoms with Crippen LogP contribution in [0.2, 0.25) is 5.02 Å². The molecular formula is C21H23ClN2O2S2. The summed E-state index contributed by atoms with van der Waals surface area (Å²) >= 11 is 13.3. The maximum Gasteiger partial charge on any atom is 0.308 e. The third-order valence-corrected chi connectivity index (χ3v) is 6.09. The molecule has 0 saturated heterocycles. The van der Waals surface area contributed by atoms with E-state index in [4.69, 9.17) is 33.5 Å². The maximum atomic E-state index is 12.4. The quantitative estimate of drug-likeness (QED) is 0.496. The summed E-state index contributed by atoms with van der Waals surface area (Å²) in [5.74, 6) is -0.320. The Morgan fingerprint density at radius 3 is 2.54 bits per heavy atom. The monoisotopic (exact) mass is 434 g/mol. The van der Waals surface area contributed by atoms with Gasteiger partial charge in [-0.3, -0.25) is 9.79 Å². The zero-order valence-electron chi connectivity index (χ0n) is 16.6. The van der Waals surface area contributed by atoms with Gasteiger partial charge >= 0.3 is 5.97 Å². The number of anilines is 1. The molecule has 0 radical (unpaired) electrons. The number of ether oxygens (including phenoxy) is 1. The summed E-state index contributed by atoms with van der Waals surface area (Å²) < 4.78 is 5.48. The normalized spacial score (nSPS) is 16.7. The molecular weight excluding hydrogens is 412 g/mol. The highest BCUT2D eigenvalue weighted by Crippen LogP contribution is 2.37. The smallest absolute Gasteiger partial charge is 0.308 e. The Morgan fingerprint density at radius 1 is 1.29 bits per heavy atom. The maximum absolute atomic E-state index is 12.4. The van der Waals surface area contributed by atoms with E-state index in [9.17, 15) is 4.79 Å². The van der Waals surface area contributed by atoms with Crippen molar-refractivity contribution in [2.75, 3.05) is 5.32 Å². The van der Waals surface area contributed by atoms with Gasteiger partial charge in [0.2, 0.25) is 0 Å². The lowest BCUT2D eigenvalue weighted by Crippen LogP contribution is -2.31. The number of thiocarbonyl (C=S) groups is 1. The van der Waals surface area contributed by atoms with E-state index >= 15 is 0 Å². The molecule has 1 atom stereocenters. The van der Waals surface area contributed by atoms with Gasteiger partial charge in [0.15, 0.2) is 0 Å². The highest BCUT2D eigenvalue weighted by atomic mass is 35.5. The molecule has 0 aliphatic carbocycles. The summed E-state index contributed by atoms with van der Waals surface area (Å²) in [5.41, 5.74) is 3.38. The third kappa shape index (κ3) is 4.62. The van der Waals surface area contributed by atoms with Crippen molar-refractivity contribution in [3.63, 3.8) is 0 Å². The van der Waals surface area contributed by atoms with Crippen molar-refractivity contribution in [3.8, 4) is 0 Å². The summed E-state index contributed by atoms with van der Waals surface area (Å²) in [7, 11) is 0. The van der Waals surface area contributed by atoms with Gasteiger partial charge in [0.25, 0.3) is 0 Å². The molecule has 2 aromatic rings. The lowest BCUT2D eigenvalue weighted by Gasteiger charge is -2.21. The first kappa shape index (κ1) is 21.0. The van der Waals surface area contributed by atoms with E-state index in [1.807, 2.05) is 45.0 Å². The van der Waals surface area contributed by atoms with E-state index in [1.54, 1.807) is 11.3 Å². The van der Waals surface area contributed by atoms with Crippen LogP contribution in [0, 0.1) is 13.8 Å².